The fourth-order valence-corrected chi connectivity index (χ4v) is 2.33. The average molecular weight is 318 g/mol. The Morgan fingerprint density at radius 2 is 2.09 bits per heavy atom. The molecule has 0 aliphatic carbocycles. The molecule has 1 amide bonds. The number of methoxy groups -OCH3 is 1. The molecule has 1 aromatic rings. The Kier molecular flexibility index (Phi) is 4.99. The van der Waals surface area contributed by atoms with Crippen LogP contribution >= 0.6 is 0 Å². The number of carbonyl (C=O) groups excluding carboxylic acids is 1. The second-order valence-electron chi connectivity index (χ2n) is 6.43. The van der Waals surface area contributed by atoms with Crippen LogP contribution < -0.4 is 9.47 Å². The van der Waals surface area contributed by atoms with Gasteiger partial charge in [-0.2, -0.15) is 5.26 Å². The molecule has 0 radical (unpaired) electrons. The number of rotatable bonds is 3. The molecule has 1 saturated heterocycles. The quantitative estimate of drug-likeness (QED) is 0.857. The van der Waals surface area contributed by atoms with E-state index in [1.165, 1.54) is 7.11 Å². The first-order valence-electron chi connectivity index (χ1n) is 7.55. The molecule has 6 heteroatoms. The second kappa shape index (κ2) is 6.78. The van der Waals surface area contributed by atoms with E-state index < -0.39 is 5.60 Å². The van der Waals surface area contributed by atoms with Crippen LogP contribution in [0.25, 0.3) is 0 Å². The standard InChI is InChI=1S/C17H22N2O4/c1-17(2,3)23-16(20)19-8-7-13(11-19)22-14-6-5-12(10-18)9-15(14)21-4/h5-6,9,13H,7-8,11H2,1-4H3. The highest BCUT2D eigenvalue weighted by atomic mass is 16.6. The SMILES string of the molecule is COc1cc(C#N)ccc1OC1CCN(C(=O)OC(C)(C)C)C1. The van der Waals surface area contributed by atoms with Crippen molar-refractivity contribution in [1.82, 2.24) is 4.90 Å². The van der Waals surface area contributed by atoms with Crippen LogP contribution in [0.15, 0.2) is 18.2 Å². The number of hydrogen-bond donors (Lipinski definition) is 0. The Hall–Kier alpha value is -2.42. The Morgan fingerprint density at radius 1 is 1.35 bits per heavy atom. The minimum Gasteiger partial charge on any atom is -0.493 e. The molecule has 1 heterocycles. The summed E-state index contributed by atoms with van der Waals surface area (Å²) in [7, 11) is 1.53. The molecule has 23 heavy (non-hydrogen) atoms. The molecule has 1 fully saturated rings. The molecule has 1 aromatic carbocycles. The van der Waals surface area contributed by atoms with Crippen LogP contribution in [0.3, 0.4) is 0 Å². The summed E-state index contributed by atoms with van der Waals surface area (Å²) in [6.07, 6.45) is 0.280. The summed E-state index contributed by atoms with van der Waals surface area (Å²) in [6, 6.07) is 7.09. The lowest BCUT2D eigenvalue weighted by Gasteiger charge is -2.24. The maximum Gasteiger partial charge on any atom is 0.410 e. The highest BCUT2D eigenvalue weighted by molar-refractivity contribution is 5.68. The highest BCUT2D eigenvalue weighted by Crippen LogP contribution is 2.30. The van der Waals surface area contributed by atoms with Crippen LogP contribution in [-0.4, -0.2) is 42.9 Å². The van der Waals surface area contributed by atoms with Crippen molar-refractivity contribution in [3.8, 4) is 17.6 Å². The fraction of sp³-hybridized carbons (Fsp3) is 0.529. The third kappa shape index (κ3) is 4.52. The van der Waals surface area contributed by atoms with Gasteiger partial charge in [0, 0.05) is 19.0 Å². The summed E-state index contributed by atoms with van der Waals surface area (Å²) in [5, 5.41) is 8.92. The first kappa shape index (κ1) is 16.9. The lowest BCUT2D eigenvalue weighted by atomic mass is 10.2. The summed E-state index contributed by atoms with van der Waals surface area (Å²) in [4.78, 5) is 13.7. The zero-order valence-electron chi connectivity index (χ0n) is 14.0. The minimum atomic E-state index is -0.508. The summed E-state index contributed by atoms with van der Waals surface area (Å²) >= 11 is 0. The van der Waals surface area contributed by atoms with Gasteiger partial charge in [-0.05, 0) is 32.9 Å². The molecule has 1 atom stereocenters. The zero-order valence-corrected chi connectivity index (χ0v) is 14.0. The van der Waals surface area contributed by atoms with Crippen LogP contribution in [0.4, 0.5) is 4.79 Å². The molecule has 0 aromatic heterocycles. The van der Waals surface area contributed by atoms with E-state index >= 15 is 0 Å². The lowest BCUT2D eigenvalue weighted by Crippen LogP contribution is -2.36. The maximum absolute atomic E-state index is 12.1. The van der Waals surface area contributed by atoms with Crippen molar-refractivity contribution in [3.05, 3.63) is 23.8 Å². The predicted molar refractivity (Wildman–Crippen MR) is 84.5 cm³/mol. The second-order valence-corrected chi connectivity index (χ2v) is 6.43. The van der Waals surface area contributed by atoms with E-state index in [1.54, 1.807) is 23.1 Å². The summed E-state index contributed by atoms with van der Waals surface area (Å²) in [5.74, 6) is 1.09. The number of ether oxygens (including phenoxy) is 3. The van der Waals surface area contributed by atoms with Gasteiger partial charge in [0.1, 0.15) is 11.7 Å². The fourth-order valence-electron chi connectivity index (χ4n) is 2.33. The number of carbonyl (C=O) groups is 1. The Balaban J connectivity index is 1.98. The van der Waals surface area contributed by atoms with Gasteiger partial charge in [0.05, 0.1) is 25.3 Å². The van der Waals surface area contributed by atoms with Gasteiger partial charge in [-0.1, -0.05) is 0 Å². The summed E-state index contributed by atoms with van der Waals surface area (Å²) in [5.41, 5.74) is 0.00262. The number of nitrogens with zero attached hydrogens (tertiary/aromatic N) is 2. The summed E-state index contributed by atoms with van der Waals surface area (Å²) < 4.78 is 16.5. The topological polar surface area (TPSA) is 71.8 Å². The van der Waals surface area contributed by atoms with Crippen LogP contribution in [0.1, 0.15) is 32.8 Å². The first-order valence-corrected chi connectivity index (χ1v) is 7.55. The van der Waals surface area contributed by atoms with Crippen molar-refractivity contribution >= 4 is 6.09 Å². The first-order chi connectivity index (χ1) is 10.8. The van der Waals surface area contributed by atoms with Crippen molar-refractivity contribution in [1.29, 1.82) is 5.26 Å². The molecule has 6 nitrogen and oxygen atoms in total. The third-order valence-corrected chi connectivity index (χ3v) is 3.38. The molecule has 1 aliphatic rings. The molecule has 0 saturated carbocycles. The van der Waals surface area contributed by atoms with Crippen molar-refractivity contribution in [2.24, 2.45) is 0 Å². The van der Waals surface area contributed by atoms with Crippen molar-refractivity contribution < 1.29 is 19.0 Å². The highest BCUT2D eigenvalue weighted by Gasteiger charge is 2.31. The Labute approximate surface area is 136 Å². The number of likely N-dealkylation sites (tertiary alicyclic amines) is 1. The molecule has 0 N–H and O–H groups in total. The van der Waals surface area contributed by atoms with E-state index in [0.717, 1.165) is 6.42 Å². The van der Waals surface area contributed by atoms with Crippen LogP contribution in [0.5, 0.6) is 11.5 Å². The van der Waals surface area contributed by atoms with Crippen LogP contribution in [0.2, 0.25) is 0 Å². The van der Waals surface area contributed by atoms with Gasteiger partial charge in [-0.25, -0.2) is 4.79 Å². The normalized spacial score (nSPS) is 17.5. The number of hydrogen-bond acceptors (Lipinski definition) is 5. The van der Waals surface area contributed by atoms with Gasteiger partial charge in [0.2, 0.25) is 0 Å². The molecular weight excluding hydrogens is 296 g/mol. The maximum atomic E-state index is 12.1. The van der Waals surface area contributed by atoms with Gasteiger partial charge < -0.3 is 19.1 Å². The van der Waals surface area contributed by atoms with Gasteiger partial charge in [0.25, 0.3) is 0 Å². The lowest BCUT2D eigenvalue weighted by molar-refractivity contribution is 0.0275. The van der Waals surface area contributed by atoms with E-state index in [2.05, 4.69) is 6.07 Å². The Bertz CT molecular complexity index is 616. The average Bonchev–Trinajstić information content (AvgIpc) is 2.94. The molecule has 0 spiro atoms. The smallest absolute Gasteiger partial charge is 0.410 e. The molecule has 124 valence electrons. The predicted octanol–water partition coefficient (Wildman–Crippen LogP) is 2.96. The van der Waals surface area contributed by atoms with Crippen molar-refractivity contribution in [2.45, 2.75) is 38.9 Å². The molecular formula is C17H22N2O4. The van der Waals surface area contributed by atoms with Crippen LogP contribution in [0, 0.1) is 11.3 Å². The molecule has 1 unspecified atom stereocenters. The van der Waals surface area contributed by atoms with Crippen LogP contribution in [-0.2, 0) is 4.74 Å². The van der Waals surface area contributed by atoms with E-state index in [1.807, 2.05) is 20.8 Å². The minimum absolute atomic E-state index is 0.121. The van der Waals surface area contributed by atoms with E-state index in [9.17, 15) is 4.79 Å². The number of nitriles is 1. The molecule has 2 rings (SSSR count). The number of amides is 1. The molecule has 0 bridgehead atoms. The van der Waals surface area contributed by atoms with Crippen molar-refractivity contribution in [3.63, 3.8) is 0 Å². The Morgan fingerprint density at radius 3 is 2.70 bits per heavy atom. The zero-order chi connectivity index (χ0) is 17.0. The molecule has 1 aliphatic heterocycles. The van der Waals surface area contributed by atoms with Gasteiger partial charge in [-0.3, -0.25) is 0 Å². The van der Waals surface area contributed by atoms with E-state index in [0.29, 0.717) is 30.2 Å². The van der Waals surface area contributed by atoms with E-state index in [-0.39, 0.29) is 12.2 Å². The van der Waals surface area contributed by atoms with E-state index in [4.69, 9.17) is 19.5 Å². The van der Waals surface area contributed by atoms with Gasteiger partial charge in [-0.15, -0.1) is 0 Å². The van der Waals surface area contributed by atoms with Gasteiger partial charge in [0.15, 0.2) is 11.5 Å². The van der Waals surface area contributed by atoms with Crippen molar-refractivity contribution in [2.75, 3.05) is 20.2 Å². The summed E-state index contributed by atoms with van der Waals surface area (Å²) in [6.45, 7) is 6.60. The number of benzene rings is 1. The van der Waals surface area contributed by atoms with Gasteiger partial charge >= 0.3 is 6.09 Å². The monoisotopic (exact) mass is 318 g/mol. The largest absolute Gasteiger partial charge is 0.493 e. The third-order valence-electron chi connectivity index (χ3n) is 3.38.